The Hall–Kier alpha value is -3.46. The maximum atomic E-state index is 12.9. The van der Waals surface area contributed by atoms with Crippen LogP contribution in [0, 0.1) is 0 Å². The van der Waals surface area contributed by atoms with E-state index in [1.165, 1.54) is 12.1 Å². The fourth-order valence-electron chi connectivity index (χ4n) is 3.34. The largest absolute Gasteiger partial charge is 0.497 e. The number of benzene rings is 2. The van der Waals surface area contributed by atoms with Gasteiger partial charge in [-0.15, -0.1) is 0 Å². The van der Waals surface area contributed by atoms with Crippen LogP contribution >= 0.6 is 11.8 Å². The Kier molecular flexibility index (Phi) is 8.45. The minimum absolute atomic E-state index is 0.192. The maximum Gasteiger partial charge on any atom is 0.408 e. The van der Waals surface area contributed by atoms with E-state index in [0.29, 0.717) is 28.9 Å². The molecule has 186 valence electrons. The Bertz CT molecular complexity index is 1250. The van der Waals surface area contributed by atoms with Gasteiger partial charge in [0.05, 0.1) is 7.11 Å². The van der Waals surface area contributed by atoms with Crippen LogP contribution in [0.4, 0.5) is 4.79 Å². The zero-order valence-corrected chi connectivity index (χ0v) is 21.2. The second-order valence-corrected chi connectivity index (χ2v) is 9.75. The molecule has 0 bridgehead atoms. The summed E-state index contributed by atoms with van der Waals surface area (Å²) in [5.74, 6) is 0.884. The maximum absolute atomic E-state index is 12.9. The van der Waals surface area contributed by atoms with Gasteiger partial charge in [-0.1, -0.05) is 12.1 Å². The highest BCUT2D eigenvalue weighted by Gasteiger charge is 2.26. The van der Waals surface area contributed by atoms with Gasteiger partial charge in [-0.05, 0) is 74.6 Å². The number of nitrogens with one attached hydrogen (secondary N) is 1. The number of thioether (sulfide) groups is 1. The van der Waals surface area contributed by atoms with Gasteiger partial charge in [-0.3, -0.25) is 0 Å². The molecule has 1 atom stereocenters. The van der Waals surface area contributed by atoms with Crippen LogP contribution < -0.4 is 20.4 Å². The normalized spacial score (nSPS) is 12.1. The van der Waals surface area contributed by atoms with Crippen LogP contribution in [0.2, 0.25) is 0 Å². The number of carbonyl (C=O) groups excluding carboxylic acids is 2. The smallest absolute Gasteiger partial charge is 0.408 e. The lowest BCUT2D eigenvalue weighted by Gasteiger charge is -2.22. The number of rotatable bonds is 8. The SMILES string of the molecule is COc1ccc(-c2cc(=O)oc3cc(OC(=O)[C@H](CCSC)NC(=O)OC(C)(C)C)ccc23)cc1. The molecular formula is C26H29NO7S. The molecule has 0 aliphatic heterocycles. The zero-order chi connectivity index (χ0) is 25.6. The van der Waals surface area contributed by atoms with Crippen LogP contribution in [-0.4, -0.2) is 42.8 Å². The number of hydrogen-bond acceptors (Lipinski definition) is 8. The highest BCUT2D eigenvalue weighted by atomic mass is 32.2. The van der Waals surface area contributed by atoms with E-state index < -0.39 is 29.3 Å². The third kappa shape index (κ3) is 7.26. The Morgan fingerprint density at radius 1 is 1.06 bits per heavy atom. The summed E-state index contributed by atoms with van der Waals surface area (Å²) in [6.45, 7) is 5.22. The second-order valence-electron chi connectivity index (χ2n) is 8.77. The summed E-state index contributed by atoms with van der Waals surface area (Å²) in [7, 11) is 1.58. The van der Waals surface area contributed by atoms with E-state index in [0.717, 1.165) is 5.56 Å². The van der Waals surface area contributed by atoms with Crippen molar-refractivity contribution in [2.45, 2.75) is 38.8 Å². The van der Waals surface area contributed by atoms with Crippen LogP contribution in [0.15, 0.2) is 57.7 Å². The summed E-state index contributed by atoms with van der Waals surface area (Å²) in [4.78, 5) is 37.3. The number of amides is 1. The molecule has 9 heteroatoms. The average Bonchev–Trinajstić information content (AvgIpc) is 2.79. The zero-order valence-electron chi connectivity index (χ0n) is 20.4. The van der Waals surface area contributed by atoms with E-state index in [-0.39, 0.29) is 11.3 Å². The second kappa shape index (κ2) is 11.3. The van der Waals surface area contributed by atoms with Crippen molar-refractivity contribution in [1.29, 1.82) is 0 Å². The van der Waals surface area contributed by atoms with E-state index in [4.69, 9.17) is 18.6 Å². The van der Waals surface area contributed by atoms with Crippen molar-refractivity contribution in [3.05, 3.63) is 59.0 Å². The van der Waals surface area contributed by atoms with Crippen LogP contribution in [-0.2, 0) is 9.53 Å². The number of hydrogen-bond donors (Lipinski definition) is 1. The van der Waals surface area contributed by atoms with Gasteiger partial charge in [0.1, 0.15) is 28.7 Å². The quantitative estimate of drug-likeness (QED) is 0.262. The third-order valence-corrected chi connectivity index (χ3v) is 5.57. The molecule has 0 unspecified atom stereocenters. The minimum atomic E-state index is -0.898. The van der Waals surface area contributed by atoms with Gasteiger partial charge in [0.2, 0.25) is 0 Å². The molecule has 1 N–H and O–H groups in total. The number of esters is 1. The summed E-state index contributed by atoms with van der Waals surface area (Å²) in [5, 5.41) is 3.26. The lowest BCUT2D eigenvalue weighted by Crippen LogP contribution is -2.45. The monoisotopic (exact) mass is 499 g/mol. The number of methoxy groups -OCH3 is 1. The molecule has 0 spiro atoms. The molecule has 0 aliphatic carbocycles. The van der Waals surface area contributed by atoms with Crippen molar-refractivity contribution in [2.75, 3.05) is 19.1 Å². The number of fused-ring (bicyclic) bond motifs is 1. The number of ether oxygens (including phenoxy) is 3. The topological polar surface area (TPSA) is 104 Å². The minimum Gasteiger partial charge on any atom is -0.497 e. The van der Waals surface area contributed by atoms with Crippen LogP contribution in [0.3, 0.4) is 0 Å². The molecule has 0 saturated heterocycles. The van der Waals surface area contributed by atoms with Crippen LogP contribution in [0.5, 0.6) is 11.5 Å². The summed E-state index contributed by atoms with van der Waals surface area (Å²) < 4.78 is 21.4. The first-order chi connectivity index (χ1) is 16.6. The van der Waals surface area contributed by atoms with Gasteiger partial charge < -0.3 is 23.9 Å². The Balaban J connectivity index is 1.85. The van der Waals surface area contributed by atoms with Gasteiger partial charge in [-0.2, -0.15) is 11.8 Å². The van der Waals surface area contributed by atoms with E-state index in [2.05, 4.69) is 5.32 Å². The first-order valence-corrected chi connectivity index (χ1v) is 12.4. The van der Waals surface area contributed by atoms with Crippen molar-refractivity contribution in [3.8, 4) is 22.6 Å². The Morgan fingerprint density at radius 3 is 2.37 bits per heavy atom. The van der Waals surface area contributed by atoms with E-state index >= 15 is 0 Å². The Labute approximate surface area is 207 Å². The molecule has 35 heavy (non-hydrogen) atoms. The summed E-state index contributed by atoms with van der Waals surface area (Å²) in [6.07, 6.45) is 1.57. The van der Waals surface area contributed by atoms with Gasteiger partial charge in [0.15, 0.2) is 0 Å². The fraction of sp³-hybridized carbons (Fsp3) is 0.346. The predicted octanol–water partition coefficient (Wildman–Crippen LogP) is 5.02. The van der Waals surface area contributed by atoms with Crippen molar-refractivity contribution < 1.29 is 28.2 Å². The van der Waals surface area contributed by atoms with Crippen molar-refractivity contribution in [3.63, 3.8) is 0 Å². The summed E-state index contributed by atoms with van der Waals surface area (Å²) in [5.41, 5.74) is 0.536. The van der Waals surface area contributed by atoms with Crippen LogP contribution in [0.1, 0.15) is 27.2 Å². The van der Waals surface area contributed by atoms with Crippen molar-refractivity contribution in [2.24, 2.45) is 0 Å². The van der Waals surface area contributed by atoms with Gasteiger partial charge >= 0.3 is 17.7 Å². The van der Waals surface area contributed by atoms with E-state index in [9.17, 15) is 14.4 Å². The van der Waals surface area contributed by atoms with E-state index in [1.807, 2.05) is 18.4 Å². The molecule has 0 saturated carbocycles. The van der Waals surface area contributed by atoms with Gasteiger partial charge in [0.25, 0.3) is 0 Å². The van der Waals surface area contributed by atoms with E-state index in [1.54, 1.807) is 63.9 Å². The number of carbonyl (C=O) groups is 2. The number of alkyl carbamates (subject to hydrolysis) is 1. The van der Waals surface area contributed by atoms with Gasteiger partial charge in [0, 0.05) is 17.5 Å². The highest BCUT2D eigenvalue weighted by molar-refractivity contribution is 7.98. The molecule has 3 aromatic rings. The summed E-state index contributed by atoms with van der Waals surface area (Å²) in [6, 6.07) is 12.6. The lowest BCUT2D eigenvalue weighted by atomic mass is 10.0. The first kappa shape index (κ1) is 26.2. The summed E-state index contributed by atoms with van der Waals surface area (Å²) >= 11 is 1.54. The average molecular weight is 500 g/mol. The molecule has 0 radical (unpaired) electrons. The standard InChI is InChI=1S/C26H29NO7S/c1-26(2,3)34-25(30)27-21(12-13-35-5)24(29)32-18-10-11-19-20(15-23(28)33-22(19)14-18)16-6-8-17(31-4)9-7-16/h6-11,14-15,21H,12-13H2,1-5H3,(H,27,30)/t21-/m0/s1. The first-order valence-electron chi connectivity index (χ1n) is 11.0. The van der Waals surface area contributed by atoms with Crippen molar-refractivity contribution >= 4 is 34.8 Å². The third-order valence-electron chi connectivity index (χ3n) is 4.92. The molecule has 1 heterocycles. The Morgan fingerprint density at radius 2 is 1.74 bits per heavy atom. The lowest BCUT2D eigenvalue weighted by molar-refractivity contribution is -0.136. The van der Waals surface area contributed by atoms with Gasteiger partial charge in [-0.25, -0.2) is 14.4 Å². The molecule has 3 rings (SSSR count). The van der Waals surface area contributed by atoms with Crippen LogP contribution in [0.25, 0.3) is 22.1 Å². The molecular weight excluding hydrogens is 470 g/mol. The molecule has 0 fully saturated rings. The predicted molar refractivity (Wildman–Crippen MR) is 136 cm³/mol. The fourth-order valence-corrected chi connectivity index (χ4v) is 3.81. The van der Waals surface area contributed by atoms with Crippen molar-refractivity contribution in [1.82, 2.24) is 5.32 Å². The highest BCUT2D eigenvalue weighted by Crippen LogP contribution is 2.31. The molecule has 8 nitrogen and oxygen atoms in total. The molecule has 1 aromatic heterocycles. The molecule has 0 aliphatic rings. The molecule has 1 amide bonds. The molecule has 2 aromatic carbocycles.